The molecule has 8 heteroatoms. The van der Waals surface area contributed by atoms with E-state index >= 15 is 0 Å². The molecule has 0 spiro atoms. The van der Waals surface area contributed by atoms with Gasteiger partial charge in [-0.1, -0.05) is 56.5 Å². The average molecular weight is 442 g/mol. The maximum atomic E-state index is 12.8. The fraction of sp³-hybridized carbons (Fsp3) is 0.375. The van der Waals surface area contributed by atoms with Gasteiger partial charge in [-0.05, 0) is 25.0 Å². The number of hydrogen-bond acceptors (Lipinski definition) is 6. The Labute approximate surface area is 188 Å². The number of allylic oxidation sites excluding steroid dienone is 1. The first kappa shape index (κ1) is 26.5. The molecule has 32 heavy (non-hydrogen) atoms. The molecule has 1 unspecified atom stereocenters. The highest BCUT2D eigenvalue weighted by Crippen LogP contribution is 2.23. The van der Waals surface area contributed by atoms with Crippen molar-refractivity contribution >= 4 is 29.3 Å². The van der Waals surface area contributed by atoms with E-state index < -0.39 is 29.2 Å². The quantitative estimate of drug-likeness (QED) is 0.177. The first-order valence-electron chi connectivity index (χ1n) is 10.3. The largest absolute Gasteiger partial charge is 0.460 e. The van der Waals surface area contributed by atoms with Crippen LogP contribution in [0.4, 0.5) is 0 Å². The van der Waals surface area contributed by atoms with Crippen LogP contribution in [0.2, 0.25) is 0 Å². The molecule has 0 saturated carbocycles. The second-order valence-electron chi connectivity index (χ2n) is 7.59. The van der Waals surface area contributed by atoms with Gasteiger partial charge in [0.05, 0.1) is 17.2 Å². The lowest BCUT2D eigenvalue weighted by molar-refractivity contribution is -0.143. The molecule has 0 aliphatic rings. The van der Waals surface area contributed by atoms with Crippen molar-refractivity contribution in [3.8, 4) is 0 Å². The number of carbonyl (C=O) groups is 4. The van der Waals surface area contributed by atoms with Crippen LogP contribution in [0, 0.1) is 11.3 Å². The molecule has 1 aromatic carbocycles. The van der Waals surface area contributed by atoms with Gasteiger partial charge in [0.15, 0.2) is 5.78 Å². The molecule has 0 heterocycles. The van der Waals surface area contributed by atoms with Crippen LogP contribution in [0.5, 0.6) is 0 Å². The number of ketones is 1. The van der Waals surface area contributed by atoms with Crippen molar-refractivity contribution in [1.82, 2.24) is 10.6 Å². The van der Waals surface area contributed by atoms with E-state index in [0.29, 0.717) is 6.42 Å². The lowest BCUT2D eigenvalue weighted by Crippen LogP contribution is -2.58. The van der Waals surface area contributed by atoms with E-state index in [1.807, 2.05) is 30.3 Å². The molecule has 172 valence electrons. The molecular formula is C24H31N3O5. The topological polar surface area (TPSA) is 125 Å². The van der Waals surface area contributed by atoms with Gasteiger partial charge >= 0.3 is 5.97 Å². The lowest BCUT2D eigenvalue weighted by Gasteiger charge is -2.36. The van der Waals surface area contributed by atoms with Gasteiger partial charge in [-0.25, -0.2) is 0 Å². The summed E-state index contributed by atoms with van der Waals surface area (Å²) >= 11 is 0. The number of carbonyl (C=O) groups excluding carboxylic acids is 4. The molecule has 0 bridgehead atoms. The van der Waals surface area contributed by atoms with Crippen molar-refractivity contribution in [3.63, 3.8) is 0 Å². The normalized spacial score (nSPS) is 13.1. The average Bonchev–Trinajstić information content (AvgIpc) is 2.79. The minimum atomic E-state index is -1.07. The summed E-state index contributed by atoms with van der Waals surface area (Å²) in [6.07, 6.45) is 2.86. The number of esters is 1. The van der Waals surface area contributed by atoms with Crippen LogP contribution < -0.4 is 10.6 Å². The van der Waals surface area contributed by atoms with Crippen LogP contribution in [-0.2, 0) is 30.3 Å². The molecule has 8 nitrogen and oxygen atoms in total. The third-order valence-electron chi connectivity index (χ3n) is 5.05. The fourth-order valence-corrected chi connectivity index (χ4v) is 2.93. The minimum Gasteiger partial charge on any atom is -0.460 e. The summed E-state index contributed by atoms with van der Waals surface area (Å²) in [5.74, 6) is -2.72. The predicted octanol–water partition coefficient (Wildman–Crippen LogP) is 2.14. The SMILES string of the molecule is C=CCOC(=O)CNC(=O)C(C)[C@@](C)(Cc1ccccc1)NC(=O)C(=N)CCC(=O)C=C. The number of ether oxygens (including phenoxy) is 1. The Bertz CT molecular complexity index is 866. The van der Waals surface area contributed by atoms with Crippen molar-refractivity contribution in [2.45, 2.75) is 38.6 Å². The van der Waals surface area contributed by atoms with Gasteiger partial charge in [-0.2, -0.15) is 0 Å². The Morgan fingerprint density at radius 1 is 1.16 bits per heavy atom. The number of hydrogen-bond donors (Lipinski definition) is 3. The molecule has 2 amide bonds. The lowest BCUT2D eigenvalue weighted by atomic mass is 9.80. The third-order valence-corrected chi connectivity index (χ3v) is 5.05. The van der Waals surface area contributed by atoms with E-state index in [0.717, 1.165) is 11.6 Å². The van der Waals surface area contributed by atoms with E-state index in [1.165, 1.54) is 6.08 Å². The number of rotatable bonds is 14. The Morgan fingerprint density at radius 3 is 2.41 bits per heavy atom. The summed E-state index contributed by atoms with van der Waals surface area (Å²) in [5.41, 5.74) is -0.448. The van der Waals surface area contributed by atoms with Gasteiger partial charge in [0, 0.05) is 12.8 Å². The van der Waals surface area contributed by atoms with Crippen molar-refractivity contribution in [2.75, 3.05) is 13.2 Å². The molecule has 0 aliphatic carbocycles. The first-order chi connectivity index (χ1) is 15.1. The van der Waals surface area contributed by atoms with Gasteiger partial charge in [-0.3, -0.25) is 24.6 Å². The molecular weight excluding hydrogens is 410 g/mol. The van der Waals surface area contributed by atoms with Gasteiger partial charge in [0.2, 0.25) is 5.91 Å². The summed E-state index contributed by atoms with van der Waals surface area (Å²) in [4.78, 5) is 48.5. The van der Waals surface area contributed by atoms with Crippen LogP contribution in [0.3, 0.4) is 0 Å². The summed E-state index contributed by atoms with van der Waals surface area (Å²) in [7, 11) is 0. The van der Waals surface area contributed by atoms with Crippen LogP contribution in [0.1, 0.15) is 32.3 Å². The van der Waals surface area contributed by atoms with Crippen molar-refractivity contribution in [1.29, 1.82) is 5.41 Å². The van der Waals surface area contributed by atoms with Crippen LogP contribution in [-0.4, -0.2) is 48.0 Å². The molecule has 0 radical (unpaired) electrons. The highest BCUT2D eigenvalue weighted by atomic mass is 16.5. The summed E-state index contributed by atoms with van der Waals surface area (Å²) in [6.45, 7) is 9.90. The number of benzene rings is 1. The van der Waals surface area contributed by atoms with E-state index in [9.17, 15) is 19.2 Å². The number of nitrogens with one attached hydrogen (secondary N) is 3. The second-order valence-corrected chi connectivity index (χ2v) is 7.59. The van der Waals surface area contributed by atoms with Gasteiger partial charge in [0.25, 0.3) is 5.91 Å². The smallest absolute Gasteiger partial charge is 0.325 e. The summed E-state index contributed by atoms with van der Waals surface area (Å²) in [6, 6.07) is 9.30. The molecule has 1 aromatic rings. The van der Waals surface area contributed by atoms with Crippen LogP contribution >= 0.6 is 0 Å². The van der Waals surface area contributed by atoms with E-state index in [4.69, 9.17) is 10.1 Å². The zero-order valence-electron chi connectivity index (χ0n) is 18.6. The molecule has 1 rings (SSSR count). The van der Waals surface area contributed by atoms with E-state index in [-0.39, 0.29) is 37.5 Å². The van der Waals surface area contributed by atoms with Gasteiger partial charge in [-0.15, -0.1) is 0 Å². The molecule has 0 fully saturated rings. The molecule has 0 saturated heterocycles. The molecule has 2 atom stereocenters. The summed E-state index contributed by atoms with van der Waals surface area (Å²) in [5, 5.41) is 13.3. The maximum absolute atomic E-state index is 12.8. The number of amides is 2. The fourth-order valence-electron chi connectivity index (χ4n) is 2.93. The first-order valence-corrected chi connectivity index (χ1v) is 10.3. The van der Waals surface area contributed by atoms with Crippen molar-refractivity contribution in [2.24, 2.45) is 5.92 Å². The van der Waals surface area contributed by atoms with Crippen LogP contribution in [0.15, 0.2) is 55.6 Å². The maximum Gasteiger partial charge on any atom is 0.325 e. The highest BCUT2D eigenvalue weighted by molar-refractivity contribution is 6.38. The Kier molecular flexibility index (Phi) is 10.8. The standard InChI is InChI=1S/C24H31N3O5/c1-5-14-32-21(29)16-26-22(30)17(3)24(4,15-18-10-8-7-9-11-18)27-23(31)20(25)13-12-19(28)6-2/h5-11,17,25H,1-2,12-16H2,3-4H3,(H,26,30)(H,27,31)/t17?,24-/m1/s1. The van der Waals surface area contributed by atoms with Crippen molar-refractivity contribution in [3.05, 3.63) is 61.2 Å². The summed E-state index contributed by atoms with van der Waals surface area (Å²) < 4.78 is 4.85. The van der Waals surface area contributed by atoms with E-state index in [1.54, 1.807) is 13.8 Å². The van der Waals surface area contributed by atoms with Crippen LogP contribution in [0.25, 0.3) is 0 Å². The highest BCUT2D eigenvalue weighted by Gasteiger charge is 2.38. The molecule has 3 N–H and O–H groups in total. The zero-order valence-corrected chi connectivity index (χ0v) is 18.6. The third kappa shape index (κ3) is 8.67. The Morgan fingerprint density at radius 2 is 1.81 bits per heavy atom. The van der Waals surface area contributed by atoms with Crippen molar-refractivity contribution < 1.29 is 23.9 Å². The predicted molar refractivity (Wildman–Crippen MR) is 122 cm³/mol. The van der Waals surface area contributed by atoms with Gasteiger partial charge in [0.1, 0.15) is 13.2 Å². The molecule has 0 aliphatic heterocycles. The molecule has 0 aromatic heterocycles. The minimum absolute atomic E-state index is 0.00795. The Hall–Kier alpha value is -3.55. The zero-order chi connectivity index (χ0) is 24.1. The monoisotopic (exact) mass is 441 g/mol. The van der Waals surface area contributed by atoms with E-state index in [2.05, 4.69) is 23.8 Å². The second kappa shape index (κ2) is 13.0. The van der Waals surface area contributed by atoms with Gasteiger partial charge < -0.3 is 15.4 Å². The Balaban J connectivity index is 2.95.